The fourth-order valence-electron chi connectivity index (χ4n) is 2.37. The van der Waals surface area contributed by atoms with Gasteiger partial charge in [-0.1, -0.05) is 28.1 Å². The van der Waals surface area contributed by atoms with E-state index in [4.69, 9.17) is 0 Å². The molecular weight excluding hydrogens is 340 g/mol. The Balaban J connectivity index is 0.00000200. The topological polar surface area (TPSA) is 32.3 Å². The van der Waals surface area contributed by atoms with Crippen molar-refractivity contribution >= 4 is 34.2 Å². The van der Waals surface area contributed by atoms with E-state index >= 15 is 0 Å². The summed E-state index contributed by atoms with van der Waals surface area (Å²) in [6.07, 6.45) is 3.87. The Hall–Kier alpha value is -0.580. The molecule has 0 aromatic heterocycles. The van der Waals surface area contributed by atoms with Gasteiger partial charge < -0.3 is 10.2 Å². The van der Waals surface area contributed by atoms with E-state index in [0.717, 1.165) is 30.4 Å². The van der Waals surface area contributed by atoms with Gasteiger partial charge in [0, 0.05) is 30.5 Å². The third kappa shape index (κ3) is 5.43. The zero-order valence-corrected chi connectivity index (χ0v) is 14.2. The first-order valence-corrected chi connectivity index (χ1v) is 7.66. The quantitative estimate of drug-likeness (QED) is 0.874. The number of hydrogen-bond donors (Lipinski definition) is 1. The van der Waals surface area contributed by atoms with Gasteiger partial charge in [0.05, 0.1) is 0 Å². The van der Waals surface area contributed by atoms with Crippen molar-refractivity contribution in [1.82, 2.24) is 10.2 Å². The zero-order chi connectivity index (χ0) is 13.7. The van der Waals surface area contributed by atoms with E-state index in [-0.39, 0.29) is 18.3 Å². The van der Waals surface area contributed by atoms with Crippen LogP contribution in [0.25, 0.3) is 0 Å². The molecule has 1 aliphatic heterocycles. The fraction of sp³-hybridized carbons (Fsp3) is 0.533. The summed E-state index contributed by atoms with van der Waals surface area (Å²) in [5.74, 6) is 0.247. The third-order valence-electron chi connectivity index (χ3n) is 3.66. The lowest BCUT2D eigenvalue weighted by Gasteiger charge is -2.19. The van der Waals surface area contributed by atoms with Gasteiger partial charge >= 0.3 is 0 Å². The molecule has 0 aliphatic carbocycles. The van der Waals surface area contributed by atoms with Crippen LogP contribution in [0.3, 0.4) is 0 Å². The molecule has 20 heavy (non-hydrogen) atoms. The third-order valence-corrected chi connectivity index (χ3v) is 4.19. The smallest absolute Gasteiger partial charge is 0.223 e. The SMILES string of the molecule is CN(CCc1ccc(Br)cc1)C(=O)CC1CCCN1.Cl. The Morgan fingerprint density at radius 3 is 2.70 bits per heavy atom. The van der Waals surface area contributed by atoms with Crippen molar-refractivity contribution in [1.29, 1.82) is 0 Å². The summed E-state index contributed by atoms with van der Waals surface area (Å²) in [6, 6.07) is 8.67. The summed E-state index contributed by atoms with van der Waals surface area (Å²) in [5, 5.41) is 3.37. The van der Waals surface area contributed by atoms with E-state index in [1.54, 1.807) is 0 Å². The molecule has 112 valence electrons. The number of carbonyl (C=O) groups excluding carboxylic acids is 1. The number of nitrogens with zero attached hydrogens (tertiary/aromatic N) is 1. The summed E-state index contributed by atoms with van der Waals surface area (Å²) in [5.41, 5.74) is 1.27. The number of carbonyl (C=O) groups is 1. The minimum Gasteiger partial charge on any atom is -0.345 e. The molecule has 1 heterocycles. The summed E-state index contributed by atoms with van der Waals surface area (Å²) in [6.45, 7) is 1.84. The molecule has 3 nitrogen and oxygen atoms in total. The maximum Gasteiger partial charge on any atom is 0.223 e. The molecule has 0 spiro atoms. The normalized spacial score (nSPS) is 17.6. The number of likely N-dealkylation sites (N-methyl/N-ethyl adjacent to an activating group) is 1. The first-order chi connectivity index (χ1) is 9.15. The van der Waals surface area contributed by atoms with Gasteiger partial charge in [-0.2, -0.15) is 0 Å². The number of hydrogen-bond acceptors (Lipinski definition) is 2. The zero-order valence-electron chi connectivity index (χ0n) is 11.8. The molecule has 1 saturated heterocycles. The first kappa shape index (κ1) is 17.5. The van der Waals surface area contributed by atoms with Crippen LogP contribution in [0.2, 0.25) is 0 Å². The van der Waals surface area contributed by atoms with Crippen molar-refractivity contribution in [2.24, 2.45) is 0 Å². The molecule has 1 aromatic rings. The standard InChI is InChI=1S/C15H21BrN2O.ClH/c1-18(15(19)11-14-3-2-9-17-14)10-8-12-4-6-13(16)7-5-12;/h4-7,14,17H,2-3,8-11H2,1H3;1H. The number of halogens is 2. The van der Waals surface area contributed by atoms with Gasteiger partial charge in [0.2, 0.25) is 5.91 Å². The first-order valence-electron chi connectivity index (χ1n) is 6.87. The number of benzene rings is 1. The summed E-state index contributed by atoms with van der Waals surface area (Å²) < 4.78 is 1.09. The maximum absolute atomic E-state index is 12.1. The molecule has 1 aliphatic rings. The largest absolute Gasteiger partial charge is 0.345 e. The van der Waals surface area contributed by atoms with Gasteiger partial charge in [-0.15, -0.1) is 12.4 Å². The van der Waals surface area contributed by atoms with Crippen molar-refractivity contribution in [3.8, 4) is 0 Å². The Labute approximate surface area is 135 Å². The fourth-order valence-corrected chi connectivity index (χ4v) is 2.63. The molecule has 1 unspecified atom stereocenters. The minimum atomic E-state index is 0. The van der Waals surface area contributed by atoms with Crippen molar-refractivity contribution in [2.45, 2.75) is 31.7 Å². The van der Waals surface area contributed by atoms with Crippen LogP contribution in [0.4, 0.5) is 0 Å². The van der Waals surface area contributed by atoms with Crippen LogP contribution in [0.1, 0.15) is 24.8 Å². The van der Waals surface area contributed by atoms with Crippen LogP contribution < -0.4 is 5.32 Å². The van der Waals surface area contributed by atoms with Crippen molar-refractivity contribution in [3.63, 3.8) is 0 Å². The molecule has 0 bridgehead atoms. The van der Waals surface area contributed by atoms with E-state index in [1.807, 2.05) is 24.1 Å². The lowest BCUT2D eigenvalue weighted by atomic mass is 10.1. The van der Waals surface area contributed by atoms with Crippen LogP contribution in [0.5, 0.6) is 0 Å². The van der Waals surface area contributed by atoms with E-state index in [9.17, 15) is 4.79 Å². The predicted octanol–water partition coefficient (Wildman–Crippen LogP) is 3.01. The molecule has 2 rings (SSSR count). The highest BCUT2D eigenvalue weighted by molar-refractivity contribution is 9.10. The van der Waals surface area contributed by atoms with E-state index in [2.05, 4.69) is 33.4 Å². The minimum absolute atomic E-state index is 0. The molecule has 1 aromatic carbocycles. The van der Waals surface area contributed by atoms with E-state index in [0.29, 0.717) is 12.5 Å². The van der Waals surface area contributed by atoms with Gasteiger partial charge in [-0.05, 0) is 43.5 Å². The molecule has 5 heteroatoms. The summed E-state index contributed by atoms with van der Waals surface area (Å²) >= 11 is 3.43. The van der Waals surface area contributed by atoms with E-state index in [1.165, 1.54) is 12.0 Å². The van der Waals surface area contributed by atoms with Gasteiger partial charge in [0.15, 0.2) is 0 Å². The lowest BCUT2D eigenvalue weighted by Crippen LogP contribution is -2.34. The molecule has 1 fully saturated rings. The highest BCUT2D eigenvalue weighted by atomic mass is 79.9. The average Bonchev–Trinajstić information content (AvgIpc) is 2.90. The molecular formula is C15H22BrClN2O. The van der Waals surface area contributed by atoms with Gasteiger partial charge in [-0.3, -0.25) is 4.79 Å². The second-order valence-electron chi connectivity index (χ2n) is 5.19. The number of nitrogens with one attached hydrogen (secondary N) is 1. The van der Waals surface area contributed by atoms with Crippen molar-refractivity contribution in [2.75, 3.05) is 20.1 Å². The summed E-state index contributed by atoms with van der Waals surface area (Å²) in [7, 11) is 1.90. The second kappa shape index (κ2) is 8.65. The Morgan fingerprint density at radius 1 is 1.40 bits per heavy atom. The van der Waals surface area contributed by atoms with Gasteiger partial charge in [0.1, 0.15) is 0 Å². The number of amides is 1. The highest BCUT2D eigenvalue weighted by Gasteiger charge is 2.19. The Kier molecular flexibility index (Phi) is 7.56. The molecule has 1 N–H and O–H groups in total. The highest BCUT2D eigenvalue weighted by Crippen LogP contribution is 2.12. The Bertz CT molecular complexity index is 418. The summed E-state index contributed by atoms with van der Waals surface area (Å²) in [4.78, 5) is 13.9. The predicted molar refractivity (Wildman–Crippen MR) is 88.4 cm³/mol. The van der Waals surface area contributed by atoms with Crippen LogP contribution in [0.15, 0.2) is 28.7 Å². The Morgan fingerprint density at radius 2 is 2.10 bits per heavy atom. The average molecular weight is 362 g/mol. The van der Waals surface area contributed by atoms with E-state index < -0.39 is 0 Å². The van der Waals surface area contributed by atoms with Crippen LogP contribution in [-0.4, -0.2) is 37.0 Å². The monoisotopic (exact) mass is 360 g/mol. The van der Waals surface area contributed by atoms with Gasteiger partial charge in [0.25, 0.3) is 0 Å². The van der Waals surface area contributed by atoms with Crippen LogP contribution in [-0.2, 0) is 11.2 Å². The molecule has 0 radical (unpaired) electrons. The number of rotatable bonds is 5. The molecule has 0 saturated carbocycles. The second-order valence-corrected chi connectivity index (χ2v) is 6.10. The molecule has 1 atom stereocenters. The van der Waals surface area contributed by atoms with Gasteiger partial charge in [-0.25, -0.2) is 0 Å². The van der Waals surface area contributed by atoms with Crippen molar-refractivity contribution < 1.29 is 4.79 Å². The van der Waals surface area contributed by atoms with Crippen molar-refractivity contribution in [3.05, 3.63) is 34.3 Å². The maximum atomic E-state index is 12.1. The lowest BCUT2D eigenvalue weighted by molar-refractivity contribution is -0.130. The van der Waals surface area contributed by atoms with Crippen LogP contribution in [0, 0.1) is 0 Å². The molecule has 1 amide bonds. The van der Waals surface area contributed by atoms with Crippen LogP contribution >= 0.6 is 28.3 Å².